The Kier molecular flexibility index (Phi) is 60.4. The van der Waals surface area contributed by atoms with Crippen LogP contribution in [0, 0.1) is 0 Å². The minimum atomic E-state index is 0. The van der Waals surface area contributed by atoms with Crippen LogP contribution in [-0.2, 0) is 4.79 Å². The third-order valence-corrected chi connectivity index (χ3v) is 3.42. The molecule has 0 saturated heterocycles. The predicted molar refractivity (Wildman–Crippen MR) is 145 cm³/mol. The maximum Gasteiger partial charge on any atom is 0.197 e. The average Bonchev–Trinajstić information content (AvgIpc) is 2.43. The Bertz CT molecular complexity index is 317. The molecule has 7 heteroatoms. The molecule has 0 N–H and O–H groups in total. The lowest BCUT2D eigenvalue weighted by atomic mass is 10.1. The van der Waals surface area contributed by atoms with Gasteiger partial charge in [-0.3, -0.25) is 4.79 Å². The quantitative estimate of drug-likeness (QED) is 0.104. The summed E-state index contributed by atoms with van der Waals surface area (Å²) in [6.07, 6.45) is 24.5. The van der Waals surface area contributed by atoms with Gasteiger partial charge in [0.15, 0.2) is 4.69 Å². The highest BCUT2D eigenvalue weighted by Gasteiger charge is 1.94. The van der Waals surface area contributed by atoms with Gasteiger partial charge in [0.2, 0.25) is 0 Å². The standard InChI is InChI=1S/C18H29BrO.5BrH/c1-2-3-4-5-6-7-8-9-10-11-12-13-14-15-16-17-18(19)20;;;;;/h3-4,6-7,9-10H,2,5,8,11-17H2,1H3;5*1H/b4-3-,7-6-,10-9-;;;;;. The van der Waals surface area contributed by atoms with Gasteiger partial charge in [-0.15, -0.1) is 84.9 Å². The molecule has 0 saturated carbocycles. The van der Waals surface area contributed by atoms with Crippen molar-refractivity contribution in [2.45, 2.75) is 71.1 Å². The first kappa shape index (κ1) is 41.2. The van der Waals surface area contributed by atoms with E-state index in [1.165, 1.54) is 32.1 Å². The SMILES string of the molecule is Br.Br.Br.Br.Br.CC/C=C\C/C=C\C/C=C\CCCCCCCC(=O)Br. The molecule has 1 nitrogen and oxygen atoms in total. The predicted octanol–water partition coefficient (Wildman–Crippen LogP) is 9.39. The first-order chi connectivity index (χ1) is 9.77. The fourth-order valence-corrected chi connectivity index (χ4v) is 2.16. The Hall–Kier alpha value is 1.77. The average molecular weight is 746 g/mol. The maximum absolute atomic E-state index is 10.7. The molecule has 0 spiro atoms. The van der Waals surface area contributed by atoms with E-state index in [4.69, 9.17) is 0 Å². The van der Waals surface area contributed by atoms with E-state index in [1.54, 1.807) is 0 Å². The number of allylic oxidation sites excluding steroid dienone is 6. The van der Waals surface area contributed by atoms with Gasteiger partial charge < -0.3 is 0 Å². The molecule has 25 heavy (non-hydrogen) atoms. The largest absolute Gasteiger partial charge is 0.287 e. The van der Waals surface area contributed by atoms with E-state index >= 15 is 0 Å². The molecule has 0 rings (SSSR count). The number of rotatable bonds is 13. The molecular weight excluding hydrogens is 712 g/mol. The van der Waals surface area contributed by atoms with Crippen molar-refractivity contribution in [2.75, 3.05) is 0 Å². The van der Waals surface area contributed by atoms with Gasteiger partial charge >= 0.3 is 0 Å². The Morgan fingerprint density at radius 2 is 1.12 bits per heavy atom. The zero-order valence-electron chi connectivity index (χ0n) is 14.9. The molecule has 0 aliphatic heterocycles. The van der Waals surface area contributed by atoms with Crippen molar-refractivity contribution in [2.24, 2.45) is 0 Å². The van der Waals surface area contributed by atoms with Crippen molar-refractivity contribution in [3.63, 3.8) is 0 Å². The molecule has 0 radical (unpaired) electrons. The van der Waals surface area contributed by atoms with Crippen molar-refractivity contribution in [1.82, 2.24) is 0 Å². The van der Waals surface area contributed by atoms with E-state index in [-0.39, 0.29) is 89.6 Å². The molecule has 0 fully saturated rings. The summed E-state index contributed by atoms with van der Waals surface area (Å²) in [7, 11) is 0. The van der Waals surface area contributed by atoms with Crippen LogP contribution in [0.25, 0.3) is 0 Å². The van der Waals surface area contributed by atoms with Crippen LogP contribution in [-0.4, -0.2) is 4.69 Å². The molecule has 0 amide bonds. The van der Waals surface area contributed by atoms with Crippen LogP contribution in [0.4, 0.5) is 0 Å². The number of unbranched alkanes of at least 4 members (excludes halogenated alkanes) is 5. The summed E-state index contributed by atoms with van der Waals surface area (Å²) in [5.74, 6) is 0. The number of hydrogen-bond donors (Lipinski definition) is 0. The molecule has 0 aromatic heterocycles. The summed E-state index contributed by atoms with van der Waals surface area (Å²) in [6, 6.07) is 0. The summed E-state index contributed by atoms with van der Waals surface area (Å²) in [4.78, 5) is 10.7. The number of carbonyl (C=O) groups is 1. The lowest BCUT2D eigenvalue weighted by Crippen LogP contribution is -1.85. The van der Waals surface area contributed by atoms with Crippen LogP contribution in [0.15, 0.2) is 36.5 Å². The number of hydrogen-bond acceptors (Lipinski definition) is 1. The highest BCUT2D eigenvalue weighted by molar-refractivity contribution is 9.18. The molecule has 0 aromatic rings. The van der Waals surface area contributed by atoms with E-state index in [0.29, 0.717) is 6.42 Å². The van der Waals surface area contributed by atoms with Crippen molar-refractivity contribution < 1.29 is 4.79 Å². The highest BCUT2D eigenvalue weighted by atomic mass is 79.9. The van der Waals surface area contributed by atoms with Gasteiger partial charge in [0.1, 0.15) is 0 Å². The Labute approximate surface area is 215 Å². The molecule has 0 bridgehead atoms. The maximum atomic E-state index is 10.7. The van der Waals surface area contributed by atoms with E-state index in [1.807, 2.05) is 0 Å². The Morgan fingerprint density at radius 3 is 1.64 bits per heavy atom. The molecule has 154 valence electrons. The van der Waals surface area contributed by atoms with Gasteiger partial charge in [0, 0.05) is 6.42 Å². The molecular formula is C18H34Br6O. The number of halogens is 6. The summed E-state index contributed by atoms with van der Waals surface area (Å²) in [5.41, 5.74) is 0. The first-order valence-electron chi connectivity index (χ1n) is 7.90. The normalized spacial score (nSPS) is 9.68. The third kappa shape index (κ3) is 41.3. The van der Waals surface area contributed by atoms with Crippen LogP contribution < -0.4 is 0 Å². The van der Waals surface area contributed by atoms with E-state index in [2.05, 4.69) is 59.3 Å². The second kappa shape index (κ2) is 36.7. The molecule has 0 heterocycles. The van der Waals surface area contributed by atoms with E-state index in [9.17, 15) is 4.79 Å². The van der Waals surface area contributed by atoms with Gasteiger partial charge in [-0.25, -0.2) is 0 Å². The molecule has 0 aliphatic carbocycles. The van der Waals surface area contributed by atoms with Gasteiger partial charge in [-0.05, 0) is 54.5 Å². The van der Waals surface area contributed by atoms with E-state index in [0.717, 1.165) is 25.7 Å². The fraction of sp³-hybridized carbons (Fsp3) is 0.611. The zero-order chi connectivity index (χ0) is 14.9. The minimum Gasteiger partial charge on any atom is -0.287 e. The van der Waals surface area contributed by atoms with E-state index < -0.39 is 0 Å². The summed E-state index contributed by atoms with van der Waals surface area (Å²) >= 11 is 2.96. The van der Waals surface area contributed by atoms with Crippen LogP contribution in [0.2, 0.25) is 0 Å². The second-order valence-electron chi connectivity index (χ2n) is 4.96. The summed E-state index contributed by atoms with van der Waals surface area (Å²) < 4.78 is 0.138. The third-order valence-electron chi connectivity index (χ3n) is 3.02. The van der Waals surface area contributed by atoms with Crippen molar-refractivity contribution in [3.8, 4) is 0 Å². The molecule has 0 aliphatic rings. The summed E-state index contributed by atoms with van der Waals surface area (Å²) in [5, 5.41) is 0. The molecule has 0 aromatic carbocycles. The van der Waals surface area contributed by atoms with Gasteiger partial charge in [0.25, 0.3) is 0 Å². The lowest BCUT2D eigenvalue weighted by molar-refractivity contribution is -0.110. The van der Waals surface area contributed by atoms with Gasteiger partial charge in [-0.1, -0.05) is 62.6 Å². The van der Waals surface area contributed by atoms with Crippen molar-refractivity contribution in [3.05, 3.63) is 36.5 Å². The van der Waals surface area contributed by atoms with Crippen LogP contribution in [0.5, 0.6) is 0 Å². The van der Waals surface area contributed by atoms with Crippen molar-refractivity contribution in [1.29, 1.82) is 0 Å². The van der Waals surface area contributed by atoms with Crippen molar-refractivity contribution >= 4 is 106 Å². The van der Waals surface area contributed by atoms with Crippen LogP contribution in [0.1, 0.15) is 71.1 Å². The fourth-order valence-electron chi connectivity index (χ4n) is 1.88. The van der Waals surface area contributed by atoms with Gasteiger partial charge in [0.05, 0.1) is 0 Å². The van der Waals surface area contributed by atoms with Gasteiger partial charge in [-0.2, -0.15) is 0 Å². The second-order valence-corrected chi connectivity index (χ2v) is 5.84. The number of carbonyl (C=O) groups excluding carboxylic acids is 1. The first-order valence-corrected chi connectivity index (χ1v) is 8.70. The zero-order valence-corrected chi connectivity index (χ0v) is 25.0. The lowest BCUT2D eigenvalue weighted by Gasteiger charge is -1.98. The topological polar surface area (TPSA) is 17.1 Å². The monoisotopic (exact) mass is 740 g/mol. The minimum absolute atomic E-state index is 0. The summed E-state index contributed by atoms with van der Waals surface area (Å²) in [6.45, 7) is 2.16. The smallest absolute Gasteiger partial charge is 0.197 e. The van der Waals surface area contributed by atoms with Crippen LogP contribution in [0.3, 0.4) is 0 Å². The molecule has 0 atom stereocenters. The Morgan fingerprint density at radius 1 is 0.680 bits per heavy atom. The highest BCUT2D eigenvalue weighted by Crippen LogP contribution is 2.09. The molecule has 0 unspecified atom stereocenters. The van der Waals surface area contributed by atoms with Crippen LogP contribution >= 0.6 is 101 Å². The Balaban J connectivity index is -0.000000180.